The summed E-state index contributed by atoms with van der Waals surface area (Å²) in [4.78, 5) is 0. The molecule has 0 aliphatic heterocycles. The molecule has 1 heterocycles. The minimum absolute atomic E-state index is 0.810. The van der Waals surface area contributed by atoms with Crippen LogP contribution in [0.5, 0.6) is 0 Å². The Bertz CT molecular complexity index is 424. The number of aromatic nitrogens is 1. The van der Waals surface area contributed by atoms with Crippen LogP contribution in [0.15, 0.2) is 48.7 Å². The van der Waals surface area contributed by atoms with Crippen molar-refractivity contribution in [3.63, 3.8) is 0 Å². The second kappa shape index (κ2) is 3.02. The molecular weight excluding hydrogens is 170 g/mol. The van der Waals surface area contributed by atoms with Crippen LogP contribution in [0.1, 0.15) is 24.5 Å². The standard InChI is InChI=1S/C13H13N/c1-2-5-12(6-3-1)14-10-4-7-13(14)11-8-9-11/h1-7,10-11H,8-9H2. The minimum atomic E-state index is 0.810. The van der Waals surface area contributed by atoms with Crippen molar-refractivity contribution in [2.24, 2.45) is 0 Å². The summed E-state index contributed by atoms with van der Waals surface area (Å²) in [5.74, 6) is 0.810. The molecule has 1 aliphatic rings. The Labute approximate surface area is 84.0 Å². The van der Waals surface area contributed by atoms with Crippen molar-refractivity contribution in [3.8, 4) is 5.69 Å². The van der Waals surface area contributed by atoms with Crippen LogP contribution in [0.25, 0.3) is 5.69 Å². The number of nitrogens with zero attached hydrogens (tertiary/aromatic N) is 1. The number of hydrogen-bond donors (Lipinski definition) is 0. The molecule has 3 rings (SSSR count). The normalized spacial score (nSPS) is 15.7. The van der Waals surface area contributed by atoms with Crippen LogP contribution < -0.4 is 0 Å². The van der Waals surface area contributed by atoms with Crippen molar-refractivity contribution in [3.05, 3.63) is 54.4 Å². The molecule has 0 unspecified atom stereocenters. The Morgan fingerprint density at radius 3 is 2.43 bits per heavy atom. The molecule has 70 valence electrons. The Balaban J connectivity index is 2.07. The van der Waals surface area contributed by atoms with E-state index < -0.39 is 0 Å². The predicted molar refractivity (Wildman–Crippen MR) is 57.7 cm³/mol. The first kappa shape index (κ1) is 7.86. The zero-order chi connectivity index (χ0) is 9.38. The number of benzene rings is 1. The molecule has 1 aromatic carbocycles. The van der Waals surface area contributed by atoms with Gasteiger partial charge in [0, 0.05) is 17.6 Å². The lowest BCUT2D eigenvalue weighted by Crippen LogP contribution is -1.96. The lowest BCUT2D eigenvalue weighted by atomic mass is 10.2. The number of para-hydroxylation sites is 1. The largest absolute Gasteiger partial charge is 0.321 e. The van der Waals surface area contributed by atoms with E-state index in [4.69, 9.17) is 0 Å². The quantitative estimate of drug-likeness (QED) is 0.672. The fourth-order valence-electron chi connectivity index (χ4n) is 1.93. The van der Waals surface area contributed by atoms with Crippen molar-refractivity contribution >= 4 is 0 Å². The van der Waals surface area contributed by atoms with Crippen molar-refractivity contribution in [1.29, 1.82) is 0 Å². The van der Waals surface area contributed by atoms with Gasteiger partial charge in [0.1, 0.15) is 0 Å². The third-order valence-corrected chi connectivity index (χ3v) is 2.81. The highest BCUT2D eigenvalue weighted by Crippen LogP contribution is 2.40. The van der Waals surface area contributed by atoms with Crippen LogP contribution >= 0.6 is 0 Å². The van der Waals surface area contributed by atoms with Gasteiger partial charge in [0.25, 0.3) is 0 Å². The Hall–Kier alpha value is -1.50. The van der Waals surface area contributed by atoms with Crippen LogP contribution in [0.2, 0.25) is 0 Å². The summed E-state index contributed by atoms with van der Waals surface area (Å²) in [7, 11) is 0. The maximum Gasteiger partial charge on any atom is 0.0452 e. The van der Waals surface area contributed by atoms with E-state index in [2.05, 4.69) is 53.2 Å². The van der Waals surface area contributed by atoms with Crippen LogP contribution in [0.3, 0.4) is 0 Å². The molecule has 0 saturated heterocycles. The average molecular weight is 183 g/mol. The van der Waals surface area contributed by atoms with E-state index in [1.54, 1.807) is 0 Å². The molecule has 1 saturated carbocycles. The summed E-state index contributed by atoms with van der Waals surface area (Å²) in [5, 5.41) is 0. The third-order valence-electron chi connectivity index (χ3n) is 2.81. The van der Waals surface area contributed by atoms with Gasteiger partial charge in [-0.05, 0) is 43.0 Å². The maximum atomic E-state index is 2.30. The molecule has 2 aromatic rings. The fourth-order valence-corrected chi connectivity index (χ4v) is 1.93. The van der Waals surface area contributed by atoms with E-state index in [9.17, 15) is 0 Å². The minimum Gasteiger partial charge on any atom is -0.321 e. The van der Waals surface area contributed by atoms with Crippen LogP contribution in [-0.4, -0.2) is 4.57 Å². The molecular formula is C13H13N. The smallest absolute Gasteiger partial charge is 0.0452 e. The van der Waals surface area contributed by atoms with Gasteiger partial charge in [-0.1, -0.05) is 18.2 Å². The summed E-state index contributed by atoms with van der Waals surface area (Å²) in [6.07, 6.45) is 4.87. The average Bonchev–Trinajstić information content (AvgIpc) is 2.98. The Morgan fingerprint density at radius 1 is 0.929 bits per heavy atom. The van der Waals surface area contributed by atoms with Gasteiger partial charge < -0.3 is 4.57 Å². The fraction of sp³-hybridized carbons (Fsp3) is 0.231. The van der Waals surface area contributed by atoms with E-state index in [-0.39, 0.29) is 0 Å². The summed E-state index contributed by atoms with van der Waals surface area (Å²) in [6, 6.07) is 14.9. The van der Waals surface area contributed by atoms with Gasteiger partial charge in [0.05, 0.1) is 0 Å². The third kappa shape index (κ3) is 1.25. The summed E-state index contributed by atoms with van der Waals surface area (Å²) in [6.45, 7) is 0. The highest BCUT2D eigenvalue weighted by Gasteiger charge is 2.26. The molecule has 14 heavy (non-hydrogen) atoms. The number of rotatable bonds is 2. The molecule has 1 heteroatoms. The summed E-state index contributed by atoms with van der Waals surface area (Å²) < 4.78 is 2.30. The summed E-state index contributed by atoms with van der Waals surface area (Å²) >= 11 is 0. The topological polar surface area (TPSA) is 4.93 Å². The van der Waals surface area contributed by atoms with Gasteiger partial charge in [-0.2, -0.15) is 0 Å². The zero-order valence-electron chi connectivity index (χ0n) is 8.06. The van der Waals surface area contributed by atoms with Gasteiger partial charge in [0.15, 0.2) is 0 Å². The molecule has 1 fully saturated rings. The Kier molecular flexibility index (Phi) is 1.69. The molecule has 1 aromatic heterocycles. The van der Waals surface area contributed by atoms with Crippen LogP contribution in [0, 0.1) is 0 Å². The molecule has 1 aliphatic carbocycles. The van der Waals surface area contributed by atoms with Gasteiger partial charge in [0.2, 0.25) is 0 Å². The number of hydrogen-bond acceptors (Lipinski definition) is 0. The monoisotopic (exact) mass is 183 g/mol. The first-order chi connectivity index (χ1) is 6.95. The predicted octanol–water partition coefficient (Wildman–Crippen LogP) is 3.35. The highest BCUT2D eigenvalue weighted by atomic mass is 15.0. The second-order valence-electron chi connectivity index (χ2n) is 3.91. The van der Waals surface area contributed by atoms with Crippen molar-refractivity contribution in [2.75, 3.05) is 0 Å². The lowest BCUT2D eigenvalue weighted by Gasteiger charge is -2.07. The lowest BCUT2D eigenvalue weighted by molar-refractivity contribution is 0.927. The molecule has 0 bridgehead atoms. The zero-order valence-corrected chi connectivity index (χ0v) is 8.06. The van der Waals surface area contributed by atoms with E-state index in [1.807, 2.05) is 0 Å². The van der Waals surface area contributed by atoms with Crippen LogP contribution in [0.4, 0.5) is 0 Å². The van der Waals surface area contributed by atoms with E-state index in [0.717, 1.165) is 5.92 Å². The maximum absolute atomic E-state index is 2.30. The first-order valence-electron chi connectivity index (χ1n) is 5.18. The first-order valence-corrected chi connectivity index (χ1v) is 5.18. The Morgan fingerprint density at radius 2 is 1.71 bits per heavy atom. The van der Waals surface area contributed by atoms with Crippen LogP contribution in [-0.2, 0) is 0 Å². The summed E-state index contributed by atoms with van der Waals surface area (Å²) in [5.41, 5.74) is 2.75. The second-order valence-corrected chi connectivity index (χ2v) is 3.91. The van der Waals surface area contributed by atoms with Crippen molar-refractivity contribution in [1.82, 2.24) is 4.57 Å². The molecule has 0 radical (unpaired) electrons. The van der Waals surface area contributed by atoms with Crippen molar-refractivity contribution < 1.29 is 0 Å². The highest BCUT2D eigenvalue weighted by molar-refractivity contribution is 5.36. The molecule has 0 amide bonds. The molecule has 0 spiro atoms. The van der Waals surface area contributed by atoms with Gasteiger partial charge in [-0.15, -0.1) is 0 Å². The van der Waals surface area contributed by atoms with E-state index in [0.29, 0.717) is 0 Å². The van der Waals surface area contributed by atoms with E-state index >= 15 is 0 Å². The van der Waals surface area contributed by atoms with Crippen molar-refractivity contribution in [2.45, 2.75) is 18.8 Å². The van der Waals surface area contributed by atoms with E-state index in [1.165, 1.54) is 24.2 Å². The van der Waals surface area contributed by atoms with Gasteiger partial charge in [-0.25, -0.2) is 0 Å². The molecule has 1 nitrogen and oxygen atoms in total. The SMILES string of the molecule is c1ccc(-n2cccc2C2CC2)cc1. The van der Waals surface area contributed by atoms with Gasteiger partial charge in [-0.3, -0.25) is 0 Å². The van der Waals surface area contributed by atoms with Gasteiger partial charge >= 0.3 is 0 Å². The molecule has 0 N–H and O–H groups in total. The molecule has 0 atom stereocenters.